The molecule has 0 aromatic heterocycles. The van der Waals surface area contributed by atoms with E-state index in [2.05, 4.69) is 21.2 Å². The van der Waals surface area contributed by atoms with Gasteiger partial charge in [0, 0.05) is 29.7 Å². The Bertz CT molecular complexity index is 699. The van der Waals surface area contributed by atoms with E-state index in [4.69, 9.17) is 0 Å². The summed E-state index contributed by atoms with van der Waals surface area (Å²) in [6.07, 6.45) is 6.75. The molecule has 4 aliphatic rings. The Balaban J connectivity index is 1.50. The molecule has 0 spiro atoms. The van der Waals surface area contributed by atoms with Crippen LogP contribution in [0.4, 0.5) is 5.69 Å². The number of anilines is 1. The molecule has 134 valence electrons. The van der Waals surface area contributed by atoms with E-state index in [9.17, 15) is 9.59 Å². The molecule has 1 N–H and O–H groups in total. The number of alkyl halides is 1. The second-order valence-corrected chi connectivity index (χ2v) is 10.3. The lowest BCUT2D eigenvalue weighted by atomic mass is 9.49. The quantitative estimate of drug-likeness (QED) is 0.772. The second kappa shape index (κ2) is 5.83. The normalized spacial score (nSPS) is 35.5. The molecule has 0 aliphatic heterocycles. The molecule has 4 saturated carbocycles. The van der Waals surface area contributed by atoms with Crippen molar-refractivity contribution in [2.75, 3.05) is 19.4 Å². The lowest BCUT2D eigenvalue weighted by Crippen LogP contribution is -2.57. The Morgan fingerprint density at radius 1 is 1.08 bits per heavy atom. The molecular weight excluding hydrogens is 380 g/mol. The third-order valence-electron chi connectivity index (χ3n) is 6.27. The fourth-order valence-electron chi connectivity index (χ4n) is 5.63. The van der Waals surface area contributed by atoms with Gasteiger partial charge in [0.25, 0.3) is 5.91 Å². The highest BCUT2D eigenvalue weighted by Gasteiger charge is 2.59. The molecule has 4 atom stereocenters. The van der Waals surface area contributed by atoms with Gasteiger partial charge in [-0.25, -0.2) is 0 Å². The van der Waals surface area contributed by atoms with E-state index < -0.39 is 0 Å². The standard InChI is InChI=1S/C20H25BrN2O2/c1-23(2)17(24)15-3-5-16(6-4-15)22-18(25)19-8-13-7-14(9-19)11-20(21,10-13)12-19/h3-6,13-14H,7-12H2,1-2H3,(H,22,25)/t13-,14+,19?,20?. The maximum atomic E-state index is 13.1. The summed E-state index contributed by atoms with van der Waals surface area (Å²) in [5.41, 5.74) is 1.20. The summed E-state index contributed by atoms with van der Waals surface area (Å²) in [7, 11) is 3.47. The van der Waals surface area contributed by atoms with Crippen LogP contribution in [0, 0.1) is 17.3 Å². The Morgan fingerprint density at radius 2 is 1.68 bits per heavy atom. The van der Waals surface area contributed by atoms with E-state index in [-0.39, 0.29) is 21.6 Å². The SMILES string of the molecule is CN(C)C(=O)c1ccc(NC(=O)C23C[C@@H]4C[C@@H](CC(Br)(C4)C2)C3)cc1. The lowest BCUT2D eigenvalue weighted by Gasteiger charge is -2.59. The van der Waals surface area contributed by atoms with Crippen molar-refractivity contribution in [3.05, 3.63) is 29.8 Å². The van der Waals surface area contributed by atoms with Gasteiger partial charge in [-0.1, -0.05) is 15.9 Å². The average Bonchev–Trinajstić information content (AvgIpc) is 2.52. The summed E-state index contributed by atoms with van der Waals surface area (Å²) in [6.45, 7) is 0. The number of nitrogens with one attached hydrogen (secondary N) is 1. The number of carbonyl (C=O) groups is 2. The van der Waals surface area contributed by atoms with Crippen LogP contribution in [0.2, 0.25) is 0 Å². The highest BCUT2D eigenvalue weighted by atomic mass is 79.9. The smallest absolute Gasteiger partial charge is 0.253 e. The average molecular weight is 405 g/mol. The van der Waals surface area contributed by atoms with Crippen LogP contribution >= 0.6 is 15.9 Å². The third kappa shape index (κ3) is 3.01. The summed E-state index contributed by atoms with van der Waals surface area (Å²) < 4.78 is 0.177. The van der Waals surface area contributed by atoms with E-state index in [0.717, 1.165) is 24.9 Å². The lowest BCUT2D eigenvalue weighted by molar-refractivity contribution is -0.138. The zero-order valence-electron chi connectivity index (χ0n) is 14.8. The fraction of sp³-hybridized carbons (Fsp3) is 0.600. The van der Waals surface area contributed by atoms with Crippen molar-refractivity contribution in [3.8, 4) is 0 Å². The number of benzene rings is 1. The van der Waals surface area contributed by atoms with Crippen molar-refractivity contribution in [1.29, 1.82) is 0 Å². The van der Waals surface area contributed by atoms with Crippen LogP contribution in [0.5, 0.6) is 0 Å². The van der Waals surface area contributed by atoms with Gasteiger partial charge in [-0.15, -0.1) is 0 Å². The van der Waals surface area contributed by atoms with Gasteiger partial charge in [0.1, 0.15) is 0 Å². The van der Waals surface area contributed by atoms with Crippen LogP contribution in [0.25, 0.3) is 0 Å². The maximum absolute atomic E-state index is 13.1. The molecule has 0 saturated heterocycles. The second-order valence-electron chi connectivity index (χ2n) is 8.62. The first kappa shape index (κ1) is 17.1. The van der Waals surface area contributed by atoms with Crippen molar-refractivity contribution >= 4 is 33.4 Å². The predicted octanol–water partition coefficient (Wildman–Crippen LogP) is 4.06. The van der Waals surface area contributed by atoms with Gasteiger partial charge in [0.15, 0.2) is 0 Å². The van der Waals surface area contributed by atoms with Gasteiger partial charge < -0.3 is 10.2 Å². The monoisotopic (exact) mass is 404 g/mol. The Morgan fingerprint density at radius 3 is 2.20 bits per heavy atom. The molecule has 0 heterocycles. The summed E-state index contributed by atoms with van der Waals surface area (Å²) >= 11 is 3.96. The molecule has 4 bridgehead atoms. The number of rotatable bonds is 3. The molecule has 4 aliphatic carbocycles. The first-order valence-electron chi connectivity index (χ1n) is 9.11. The highest BCUT2D eigenvalue weighted by Crippen LogP contribution is 2.64. The molecule has 2 amide bonds. The maximum Gasteiger partial charge on any atom is 0.253 e. The Kier molecular flexibility index (Phi) is 3.98. The molecule has 25 heavy (non-hydrogen) atoms. The first-order chi connectivity index (χ1) is 11.8. The molecule has 4 nitrogen and oxygen atoms in total. The third-order valence-corrected chi connectivity index (χ3v) is 7.20. The number of carbonyl (C=O) groups excluding carboxylic acids is 2. The Hall–Kier alpha value is -1.36. The van der Waals surface area contributed by atoms with Crippen LogP contribution in [0.1, 0.15) is 48.9 Å². The minimum atomic E-state index is -0.217. The summed E-state index contributed by atoms with van der Waals surface area (Å²) in [4.78, 5) is 26.7. The topological polar surface area (TPSA) is 49.4 Å². The highest BCUT2D eigenvalue weighted by molar-refractivity contribution is 9.10. The number of hydrogen-bond acceptors (Lipinski definition) is 2. The van der Waals surface area contributed by atoms with Crippen LogP contribution in [-0.2, 0) is 4.79 Å². The van der Waals surface area contributed by atoms with Crippen molar-refractivity contribution < 1.29 is 9.59 Å². The van der Waals surface area contributed by atoms with Crippen LogP contribution in [0.15, 0.2) is 24.3 Å². The van der Waals surface area contributed by atoms with Gasteiger partial charge in [-0.3, -0.25) is 9.59 Å². The molecule has 5 rings (SSSR count). The number of nitrogens with zero attached hydrogens (tertiary/aromatic N) is 1. The summed E-state index contributed by atoms with van der Waals surface area (Å²) in [5.74, 6) is 1.51. The van der Waals surface area contributed by atoms with Crippen LogP contribution in [-0.4, -0.2) is 35.1 Å². The van der Waals surface area contributed by atoms with Crippen molar-refractivity contribution in [2.45, 2.75) is 42.8 Å². The van der Waals surface area contributed by atoms with Crippen LogP contribution < -0.4 is 5.32 Å². The van der Waals surface area contributed by atoms with Gasteiger partial charge in [0.05, 0.1) is 5.41 Å². The first-order valence-corrected chi connectivity index (χ1v) is 9.90. The minimum absolute atomic E-state index is 0.0276. The van der Waals surface area contributed by atoms with E-state index >= 15 is 0 Å². The minimum Gasteiger partial charge on any atom is -0.345 e. The van der Waals surface area contributed by atoms with E-state index in [1.165, 1.54) is 19.3 Å². The summed E-state index contributed by atoms with van der Waals surface area (Å²) in [5, 5.41) is 3.13. The summed E-state index contributed by atoms with van der Waals surface area (Å²) in [6, 6.07) is 7.23. The molecule has 2 unspecified atom stereocenters. The fourth-order valence-corrected chi connectivity index (χ4v) is 7.09. The number of amides is 2. The van der Waals surface area contributed by atoms with E-state index in [0.29, 0.717) is 17.4 Å². The van der Waals surface area contributed by atoms with Gasteiger partial charge in [0.2, 0.25) is 5.91 Å². The molecular formula is C20H25BrN2O2. The Labute approximate surface area is 157 Å². The molecule has 1 aromatic rings. The van der Waals surface area contributed by atoms with Crippen molar-refractivity contribution in [1.82, 2.24) is 4.90 Å². The van der Waals surface area contributed by atoms with Gasteiger partial charge in [-0.05, 0) is 74.6 Å². The van der Waals surface area contributed by atoms with Crippen molar-refractivity contribution in [2.24, 2.45) is 17.3 Å². The molecule has 5 heteroatoms. The van der Waals surface area contributed by atoms with E-state index in [1.54, 1.807) is 31.1 Å². The number of hydrogen-bond donors (Lipinski definition) is 1. The van der Waals surface area contributed by atoms with Crippen molar-refractivity contribution in [3.63, 3.8) is 0 Å². The van der Waals surface area contributed by atoms with Gasteiger partial charge >= 0.3 is 0 Å². The largest absolute Gasteiger partial charge is 0.345 e. The zero-order chi connectivity index (χ0) is 17.8. The zero-order valence-corrected chi connectivity index (χ0v) is 16.4. The molecule has 4 fully saturated rings. The van der Waals surface area contributed by atoms with Gasteiger partial charge in [-0.2, -0.15) is 0 Å². The molecule has 1 aromatic carbocycles. The van der Waals surface area contributed by atoms with E-state index in [1.807, 2.05) is 12.1 Å². The number of halogens is 1. The van der Waals surface area contributed by atoms with Crippen LogP contribution in [0.3, 0.4) is 0 Å². The predicted molar refractivity (Wildman–Crippen MR) is 102 cm³/mol. The molecule has 0 radical (unpaired) electrons.